The molecule has 0 bridgehead atoms. The molecule has 0 unspecified atom stereocenters. The van der Waals surface area contributed by atoms with Gasteiger partial charge < -0.3 is 15.4 Å². The Hall–Kier alpha value is -3.17. The highest BCUT2D eigenvalue weighted by Gasteiger charge is 2.64. The third-order valence-corrected chi connectivity index (χ3v) is 3.63. The molecule has 150 valence electrons. The fourth-order valence-electron chi connectivity index (χ4n) is 2.32. The van der Waals surface area contributed by atoms with Gasteiger partial charge in [-0.25, -0.2) is 14.2 Å². The maximum atomic E-state index is 14.0. The quantitative estimate of drug-likeness (QED) is 0.443. The molecule has 1 aromatic carbocycles. The maximum absolute atomic E-state index is 14.0. The fourth-order valence-corrected chi connectivity index (χ4v) is 2.32. The van der Waals surface area contributed by atoms with Crippen molar-refractivity contribution in [1.82, 2.24) is 10.3 Å². The molecule has 2 N–H and O–H groups in total. The van der Waals surface area contributed by atoms with Gasteiger partial charge in [-0.3, -0.25) is 4.79 Å². The first kappa shape index (κ1) is 21.1. The second-order valence-electron chi connectivity index (χ2n) is 5.69. The van der Waals surface area contributed by atoms with Crippen LogP contribution >= 0.6 is 0 Å². The summed E-state index contributed by atoms with van der Waals surface area (Å²) in [6.45, 7) is 2.46. The van der Waals surface area contributed by atoms with Crippen LogP contribution in [-0.4, -0.2) is 35.3 Å². The number of ether oxygens (including phenoxy) is 1. The van der Waals surface area contributed by atoms with Crippen LogP contribution in [0.25, 0.3) is 0 Å². The van der Waals surface area contributed by atoms with Crippen molar-refractivity contribution in [1.29, 1.82) is 0 Å². The number of halogens is 4. The Labute approximate surface area is 157 Å². The highest BCUT2D eigenvalue weighted by molar-refractivity contribution is 5.99. The van der Waals surface area contributed by atoms with E-state index in [1.54, 1.807) is 5.32 Å². The van der Waals surface area contributed by atoms with Gasteiger partial charge in [0.15, 0.2) is 0 Å². The van der Waals surface area contributed by atoms with Crippen LogP contribution < -0.4 is 10.6 Å². The average Bonchev–Trinajstić information content (AvgIpc) is 2.60. The molecule has 10 heteroatoms. The SMILES string of the molecule is CCOC(=O)[C@](NC(=O)c1ccccc1F)(Nc1cccc(C)n1)C(F)(F)F. The molecular weight excluding hydrogens is 382 g/mol. The minimum absolute atomic E-state index is 0.334. The lowest BCUT2D eigenvalue weighted by atomic mass is 10.1. The Balaban J connectivity index is 2.54. The van der Waals surface area contributed by atoms with Crippen molar-refractivity contribution in [2.24, 2.45) is 0 Å². The number of alkyl halides is 3. The maximum Gasteiger partial charge on any atom is 0.441 e. The summed E-state index contributed by atoms with van der Waals surface area (Å²) in [6, 6.07) is 8.56. The van der Waals surface area contributed by atoms with Gasteiger partial charge in [-0.2, -0.15) is 13.2 Å². The number of hydrogen-bond acceptors (Lipinski definition) is 5. The van der Waals surface area contributed by atoms with Gasteiger partial charge in [0.05, 0.1) is 12.2 Å². The Kier molecular flexibility index (Phi) is 6.22. The zero-order chi connectivity index (χ0) is 20.9. The molecule has 1 amide bonds. The van der Waals surface area contributed by atoms with Crippen LogP contribution in [0.2, 0.25) is 0 Å². The summed E-state index contributed by atoms with van der Waals surface area (Å²) in [5.74, 6) is -4.65. The summed E-state index contributed by atoms with van der Waals surface area (Å²) in [5, 5.41) is 3.46. The van der Waals surface area contributed by atoms with Crippen LogP contribution in [0, 0.1) is 12.7 Å². The van der Waals surface area contributed by atoms with Gasteiger partial charge >= 0.3 is 17.8 Å². The van der Waals surface area contributed by atoms with Crippen LogP contribution in [0.5, 0.6) is 0 Å². The predicted molar refractivity (Wildman–Crippen MR) is 91.9 cm³/mol. The summed E-state index contributed by atoms with van der Waals surface area (Å²) in [4.78, 5) is 28.6. The van der Waals surface area contributed by atoms with E-state index in [1.807, 2.05) is 5.32 Å². The molecule has 0 aliphatic heterocycles. The number of aryl methyl sites for hydroxylation is 1. The van der Waals surface area contributed by atoms with E-state index in [4.69, 9.17) is 0 Å². The van der Waals surface area contributed by atoms with Gasteiger partial charge in [-0.15, -0.1) is 0 Å². The number of pyridine rings is 1. The van der Waals surface area contributed by atoms with Crippen molar-refractivity contribution in [2.45, 2.75) is 25.7 Å². The van der Waals surface area contributed by atoms with Crippen LogP contribution in [-0.2, 0) is 9.53 Å². The van der Waals surface area contributed by atoms with Gasteiger partial charge in [0.1, 0.15) is 11.6 Å². The van der Waals surface area contributed by atoms with Crippen molar-refractivity contribution < 1.29 is 31.9 Å². The minimum atomic E-state index is -5.34. The number of hydrogen-bond donors (Lipinski definition) is 2. The predicted octanol–water partition coefficient (Wildman–Crippen LogP) is 3.19. The lowest BCUT2D eigenvalue weighted by molar-refractivity contribution is -0.204. The van der Waals surface area contributed by atoms with Crippen molar-refractivity contribution in [3.63, 3.8) is 0 Å². The lowest BCUT2D eigenvalue weighted by Crippen LogP contribution is -2.69. The van der Waals surface area contributed by atoms with E-state index in [0.29, 0.717) is 5.69 Å². The standard InChI is InChI=1S/C18H17F4N3O3/c1-3-28-16(27)17(18(20,21)22,24-14-10-6-7-11(2)23-14)25-15(26)12-8-4-5-9-13(12)19/h4-10H,3H2,1-2H3,(H,23,24)(H,25,26)/t17-/m1/s1. The first-order valence-electron chi connectivity index (χ1n) is 8.13. The second kappa shape index (κ2) is 8.24. The number of aromatic nitrogens is 1. The van der Waals surface area contributed by atoms with E-state index in [-0.39, 0.29) is 12.4 Å². The molecule has 1 heterocycles. The monoisotopic (exact) mass is 399 g/mol. The fraction of sp³-hybridized carbons (Fsp3) is 0.278. The Bertz CT molecular complexity index is 873. The summed E-state index contributed by atoms with van der Waals surface area (Å²) in [7, 11) is 0. The van der Waals surface area contributed by atoms with Crippen molar-refractivity contribution in [3.05, 3.63) is 59.5 Å². The Morgan fingerprint density at radius 1 is 1.11 bits per heavy atom. The van der Waals surface area contributed by atoms with Gasteiger partial charge in [0, 0.05) is 5.69 Å². The first-order valence-corrected chi connectivity index (χ1v) is 8.13. The largest absolute Gasteiger partial charge is 0.463 e. The molecular formula is C18H17F4N3O3. The number of esters is 1. The van der Waals surface area contributed by atoms with Crippen molar-refractivity contribution >= 4 is 17.7 Å². The number of carbonyl (C=O) groups is 2. The van der Waals surface area contributed by atoms with E-state index in [9.17, 15) is 27.2 Å². The van der Waals surface area contributed by atoms with E-state index < -0.39 is 35.1 Å². The molecule has 6 nitrogen and oxygen atoms in total. The molecule has 2 aromatic rings. The molecule has 0 aliphatic carbocycles. The number of rotatable bonds is 6. The summed E-state index contributed by atoms with van der Waals surface area (Å²) >= 11 is 0. The lowest BCUT2D eigenvalue weighted by Gasteiger charge is -2.35. The van der Waals surface area contributed by atoms with E-state index in [0.717, 1.165) is 12.1 Å². The third kappa shape index (κ3) is 4.38. The van der Waals surface area contributed by atoms with Gasteiger partial charge in [0.25, 0.3) is 5.91 Å². The normalized spacial score (nSPS) is 13.4. The minimum Gasteiger partial charge on any atom is -0.463 e. The Morgan fingerprint density at radius 2 is 1.79 bits per heavy atom. The van der Waals surface area contributed by atoms with Crippen LogP contribution in [0.3, 0.4) is 0 Å². The number of benzene rings is 1. The van der Waals surface area contributed by atoms with Crippen LogP contribution in [0.4, 0.5) is 23.4 Å². The van der Waals surface area contributed by atoms with Crippen molar-refractivity contribution in [3.8, 4) is 0 Å². The number of anilines is 1. The smallest absolute Gasteiger partial charge is 0.441 e. The summed E-state index contributed by atoms with van der Waals surface area (Å²) in [5.41, 5.74) is -3.98. The number of amides is 1. The summed E-state index contributed by atoms with van der Waals surface area (Å²) < 4.78 is 60.4. The number of nitrogens with one attached hydrogen (secondary N) is 2. The summed E-state index contributed by atoms with van der Waals surface area (Å²) in [6.07, 6.45) is -5.34. The topological polar surface area (TPSA) is 80.3 Å². The molecule has 0 radical (unpaired) electrons. The van der Waals surface area contributed by atoms with E-state index in [2.05, 4.69) is 9.72 Å². The molecule has 0 aliphatic rings. The first-order chi connectivity index (χ1) is 13.1. The highest BCUT2D eigenvalue weighted by atomic mass is 19.4. The molecule has 28 heavy (non-hydrogen) atoms. The third-order valence-electron chi connectivity index (χ3n) is 3.63. The average molecular weight is 399 g/mol. The van der Waals surface area contributed by atoms with Crippen LogP contribution in [0.15, 0.2) is 42.5 Å². The molecule has 1 aromatic heterocycles. The van der Waals surface area contributed by atoms with E-state index >= 15 is 0 Å². The van der Waals surface area contributed by atoms with Crippen LogP contribution in [0.1, 0.15) is 23.0 Å². The molecule has 0 fully saturated rings. The number of nitrogens with zero attached hydrogens (tertiary/aromatic N) is 1. The zero-order valence-corrected chi connectivity index (χ0v) is 14.9. The number of carbonyl (C=O) groups excluding carboxylic acids is 2. The van der Waals surface area contributed by atoms with Gasteiger partial charge in [-0.05, 0) is 38.1 Å². The van der Waals surface area contributed by atoms with E-state index in [1.165, 1.54) is 44.2 Å². The molecule has 0 spiro atoms. The molecule has 0 saturated carbocycles. The van der Waals surface area contributed by atoms with Gasteiger partial charge in [-0.1, -0.05) is 18.2 Å². The van der Waals surface area contributed by atoms with Gasteiger partial charge in [0.2, 0.25) is 0 Å². The second-order valence-corrected chi connectivity index (χ2v) is 5.69. The molecule has 1 atom stereocenters. The molecule has 2 rings (SSSR count). The zero-order valence-electron chi connectivity index (χ0n) is 14.9. The van der Waals surface area contributed by atoms with Crippen molar-refractivity contribution in [2.75, 3.05) is 11.9 Å². The highest BCUT2D eigenvalue weighted by Crippen LogP contribution is 2.33. The molecule has 0 saturated heterocycles. The Morgan fingerprint density at radius 3 is 2.36 bits per heavy atom.